The van der Waals surface area contributed by atoms with Gasteiger partial charge < -0.3 is 9.78 Å². The second-order valence-electron chi connectivity index (χ2n) is 5.61. The van der Waals surface area contributed by atoms with Gasteiger partial charge in [-0.15, -0.1) is 0 Å². The summed E-state index contributed by atoms with van der Waals surface area (Å²) >= 11 is 0. The SMILES string of the molecule is CCCCCCCC(=O)OO.CCCCCCCCC(=O)OO. The summed E-state index contributed by atoms with van der Waals surface area (Å²) in [5.41, 5.74) is 0. The highest BCUT2D eigenvalue weighted by Gasteiger charge is 2.00. The van der Waals surface area contributed by atoms with Crippen molar-refractivity contribution < 1.29 is 29.9 Å². The van der Waals surface area contributed by atoms with Crippen LogP contribution in [0.3, 0.4) is 0 Å². The lowest BCUT2D eigenvalue weighted by Gasteiger charge is -1.98. The van der Waals surface area contributed by atoms with Crippen molar-refractivity contribution >= 4 is 11.9 Å². The molecule has 0 aliphatic rings. The minimum atomic E-state index is -0.526. The lowest BCUT2D eigenvalue weighted by Crippen LogP contribution is -1.99. The van der Waals surface area contributed by atoms with Gasteiger partial charge in [0.2, 0.25) is 0 Å². The molecule has 0 bridgehead atoms. The summed E-state index contributed by atoms with van der Waals surface area (Å²) in [6.45, 7) is 4.31. The van der Waals surface area contributed by atoms with Gasteiger partial charge in [0.05, 0.1) is 0 Å². The molecular weight excluding hydrogens is 300 g/mol. The highest BCUT2D eigenvalue weighted by Crippen LogP contribution is 2.07. The van der Waals surface area contributed by atoms with E-state index in [-0.39, 0.29) is 0 Å². The van der Waals surface area contributed by atoms with Gasteiger partial charge in [0.1, 0.15) is 0 Å². The average molecular weight is 334 g/mol. The highest BCUT2D eigenvalue weighted by molar-refractivity contribution is 5.68. The Bertz CT molecular complexity index is 268. The summed E-state index contributed by atoms with van der Waals surface area (Å²) in [6, 6.07) is 0. The van der Waals surface area contributed by atoms with Crippen molar-refractivity contribution in [1.29, 1.82) is 0 Å². The zero-order chi connectivity index (χ0) is 17.8. The maximum absolute atomic E-state index is 10.4. The number of carbonyl (C=O) groups excluding carboxylic acids is 2. The first-order chi connectivity index (χ1) is 11.1. The van der Waals surface area contributed by atoms with E-state index in [0.29, 0.717) is 12.8 Å². The molecule has 0 aliphatic carbocycles. The Hall–Kier alpha value is -1.14. The molecule has 0 aliphatic heterocycles. The summed E-state index contributed by atoms with van der Waals surface area (Å²) in [7, 11) is 0. The third kappa shape index (κ3) is 23.3. The van der Waals surface area contributed by atoms with Crippen molar-refractivity contribution in [2.75, 3.05) is 0 Å². The van der Waals surface area contributed by atoms with E-state index in [1.165, 1.54) is 38.5 Å². The van der Waals surface area contributed by atoms with Crippen molar-refractivity contribution in [1.82, 2.24) is 0 Å². The van der Waals surface area contributed by atoms with E-state index in [2.05, 4.69) is 23.6 Å². The summed E-state index contributed by atoms with van der Waals surface area (Å²) in [5, 5.41) is 15.8. The van der Waals surface area contributed by atoms with Crippen LogP contribution in [-0.4, -0.2) is 22.5 Å². The van der Waals surface area contributed by atoms with Crippen LogP contribution >= 0.6 is 0 Å². The fourth-order valence-corrected chi connectivity index (χ4v) is 2.01. The Labute approximate surface area is 140 Å². The van der Waals surface area contributed by atoms with Crippen LogP contribution < -0.4 is 0 Å². The van der Waals surface area contributed by atoms with Gasteiger partial charge in [0.25, 0.3) is 0 Å². The smallest absolute Gasteiger partial charge is 0.301 e. The zero-order valence-corrected chi connectivity index (χ0v) is 14.7. The predicted octanol–water partition coefficient (Wildman–Crippen LogP) is 5.12. The molecule has 0 atom stereocenters. The Balaban J connectivity index is 0. The van der Waals surface area contributed by atoms with Gasteiger partial charge in [0.15, 0.2) is 0 Å². The van der Waals surface area contributed by atoms with Crippen LogP contribution in [0.25, 0.3) is 0 Å². The van der Waals surface area contributed by atoms with Gasteiger partial charge in [-0.25, -0.2) is 9.59 Å². The number of hydrogen-bond acceptors (Lipinski definition) is 6. The number of hydrogen-bond donors (Lipinski definition) is 2. The molecule has 0 aromatic heterocycles. The third-order valence-corrected chi connectivity index (χ3v) is 3.42. The second kappa shape index (κ2) is 20.9. The van der Waals surface area contributed by atoms with Crippen molar-refractivity contribution in [3.8, 4) is 0 Å². The largest absolute Gasteiger partial charge is 0.342 e. The minimum Gasteiger partial charge on any atom is -0.301 e. The van der Waals surface area contributed by atoms with Crippen LogP contribution in [0, 0.1) is 0 Å². The number of carbonyl (C=O) groups is 2. The monoisotopic (exact) mass is 334 g/mol. The van der Waals surface area contributed by atoms with E-state index in [1.807, 2.05) is 0 Å². The van der Waals surface area contributed by atoms with E-state index in [0.717, 1.165) is 32.1 Å². The topological polar surface area (TPSA) is 93.1 Å². The Morgan fingerprint density at radius 1 is 0.609 bits per heavy atom. The van der Waals surface area contributed by atoms with Crippen molar-refractivity contribution in [2.24, 2.45) is 0 Å². The highest BCUT2D eigenvalue weighted by atomic mass is 17.1. The van der Waals surface area contributed by atoms with Crippen molar-refractivity contribution in [3.63, 3.8) is 0 Å². The number of unbranched alkanes of at least 4 members (excludes halogenated alkanes) is 9. The van der Waals surface area contributed by atoms with Gasteiger partial charge in [-0.2, -0.15) is 10.5 Å². The van der Waals surface area contributed by atoms with Crippen LogP contribution in [0.5, 0.6) is 0 Å². The molecule has 0 aromatic rings. The van der Waals surface area contributed by atoms with Crippen molar-refractivity contribution in [2.45, 2.75) is 97.3 Å². The molecular formula is C17H34O6. The van der Waals surface area contributed by atoms with Crippen LogP contribution in [0.4, 0.5) is 0 Å². The van der Waals surface area contributed by atoms with Crippen LogP contribution in [0.15, 0.2) is 0 Å². The molecule has 0 heterocycles. The number of rotatable bonds is 13. The standard InChI is InChI=1S/C9H18O3.C8H16O3/c1-2-3-4-5-6-7-8-9(10)12-11;1-2-3-4-5-6-7-8(9)11-10/h11H,2-8H2,1H3;10H,2-7H2,1H3. The Morgan fingerprint density at radius 2 is 0.913 bits per heavy atom. The third-order valence-electron chi connectivity index (χ3n) is 3.42. The van der Waals surface area contributed by atoms with Gasteiger partial charge in [-0.1, -0.05) is 71.6 Å². The van der Waals surface area contributed by atoms with Gasteiger partial charge in [-0.05, 0) is 12.8 Å². The molecule has 2 N–H and O–H groups in total. The summed E-state index contributed by atoms with van der Waals surface area (Å²) in [6.07, 6.45) is 12.9. The van der Waals surface area contributed by atoms with Gasteiger partial charge in [0, 0.05) is 12.8 Å². The minimum absolute atomic E-state index is 0.334. The van der Waals surface area contributed by atoms with Crippen molar-refractivity contribution in [3.05, 3.63) is 0 Å². The first-order valence-electron chi connectivity index (χ1n) is 8.80. The first kappa shape index (κ1) is 24.1. The fourth-order valence-electron chi connectivity index (χ4n) is 2.01. The molecule has 0 saturated heterocycles. The zero-order valence-electron chi connectivity index (χ0n) is 14.7. The lowest BCUT2D eigenvalue weighted by molar-refractivity contribution is -0.234. The molecule has 138 valence electrons. The first-order valence-corrected chi connectivity index (χ1v) is 8.80. The molecule has 0 amide bonds. The van der Waals surface area contributed by atoms with Gasteiger partial charge in [-0.3, -0.25) is 0 Å². The van der Waals surface area contributed by atoms with E-state index in [9.17, 15) is 9.59 Å². The van der Waals surface area contributed by atoms with Gasteiger partial charge >= 0.3 is 11.9 Å². The summed E-state index contributed by atoms with van der Waals surface area (Å²) in [4.78, 5) is 27.9. The second-order valence-corrected chi connectivity index (χ2v) is 5.61. The molecule has 0 saturated carbocycles. The Morgan fingerprint density at radius 3 is 1.22 bits per heavy atom. The maximum atomic E-state index is 10.4. The Kier molecular flexibility index (Phi) is 21.9. The molecule has 0 unspecified atom stereocenters. The van der Waals surface area contributed by atoms with Crippen LogP contribution in [-0.2, 0) is 19.4 Å². The summed E-state index contributed by atoms with van der Waals surface area (Å²) in [5.74, 6) is -1.05. The normalized spacial score (nSPS) is 9.74. The van der Waals surface area contributed by atoms with E-state index in [4.69, 9.17) is 10.5 Å². The summed E-state index contributed by atoms with van der Waals surface area (Å²) < 4.78 is 0. The maximum Gasteiger partial charge on any atom is 0.342 e. The van der Waals surface area contributed by atoms with E-state index >= 15 is 0 Å². The fraction of sp³-hybridized carbons (Fsp3) is 0.882. The van der Waals surface area contributed by atoms with Crippen LogP contribution in [0.1, 0.15) is 97.3 Å². The molecule has 6 nitrogen and oxygen atoms in total. The molecule has 0 aromatic carbocycles. The molecule has 0 radical (unpaired) electrons. The molecule has 0 spiro atoms. The molecule has 6 heteroatoms. The molecule has 23 heavy (non-hydrogen) atoms. The molecule has 0 fully saturated rings. The predicted molar refractivity (Wildman–Crippen MR) is 88.8 cm³/mol. The quantitative estimate of drug-likeness (QED) is 0.276. The van der Waals surface area contributed by atoms with E-state index in [1.54, 1.807) is 0 Å². The van der Waals surface area contributed by atoms with E-state index < -0.39 is 11.9 Å². The average Bonchev–Trinajstić information content (AvgIpc) is 2.57. The molecule has 0 rings (SSSR count). The van der Waals surface area contributed by atoms with Crippen LogP contribution in [0.2, 0.25) is 0 Å². The lowest BCUT2D eigenvalue weighted by atomic mass is 10.1.